The van der Waals surface area contributed by atoms with Gasteiger partial charge in [-0.15, -0.1) is 11.8 Å². The van der Waals surface area contributed by atoms with Crippen LogP contribution in [0.25, 0.3) is 0 Å². The van der Waals surface area contributed by atoms with E-state index in [4.69, 9.17) is 0 Å². The Morgan fingerprint density at radius 1 is 1.09 bits per heavy atom. The maximum absolute atomic E-state index is 13.6. The third-order valence-electron chi connectivity index (χ3n) is 7.41. The standard InChI is InChI=1S/C25H34N4O5S/c1-15(28(2)25(33)34)22(30)27-19-13-14-35-21-12-6-11-20(29(21)24(19)32)23(31)26-18-10-5-8-16-7-3-4-9-17(16)18/h3-4,7,9,15,18-21H,5-6,8,10-14H2,1-2H3,(H,26,31)(H,27,30)(H,33,34)/t15-,18+,19-,20?,21-/m0/s1. The quantitative estimate of drug-likeness (QED) is 0.569. The van der Waals surface area contributed by atoms with Crippen LogP contribution < -0.4 is 10.6 Å². The predicted octanol–water partition coefficient (Wildman–Crippen LogP) is 2.51. The average Bonchev–Trinajstić information content (AvgIpc) is 3.01. The Balaban J connectivity index is 1.49. The molecule has 1 aromatic rings. The number of aryl methyl sites for hydroxylation is 1. The van der Waals surface area contributed by atoms with E-state index in [0.717, 1.165) is 42.6 Å². The number of benzene rings is 1. The second-order valence-electron chi connectivity index (χ2n) is 9.59. The van der Waals surface area contributed by atoms with Crippen LogP contribution >= 0.6 is 11.8 Å². The van der Waals surface area contributed by atoms with E-state index in [9.17, 15) is 24.3 Å². The summed E-state index contributed by atoms with van der Waals surface area (Å²) in [7, 11) is 1.32. The summed E-state index contributed by atoms with van der Waals surface area (Å²) in [6.45, 7) is 1.49. The number of rotatable bonds is 5. The van der Waals surface area contributed by atoms with Crippen molar-refractivity contribution in [3.8, 4) is 0 Å². The van der Waals surface area contributed by atoms with Crippen LogP contribution in [0.2, 0.25) is 0 Å². The second-order valence-corrected chi connectivity index (χ2v) is 10.9. The van der Waals surface area contributed by atoms with Crippen molar-refractivity contribution in [2.45, 2.75) is 81.4 Å². The molecule has 10 heteroatoms. The van der Waals surface area contributed by atoms with Crippen LogP contribution in [0.3, 0.4) is 0 Å². The molecule has 35 heavy (non-hydrogen) atoms. The third kappa shape index (κ3) is 5.42. The summed E-state index contributed by atoms with van der Waals surface area (Å²) in [4.78, 5) is 53.7. The van der Waals surface area contributed by atoms with Crippen molar-refractivity contribution in [1.82, 2.24) is 20.4 Å². The Bertz CT molecular complexity index is 988. The van der Waals surface area contributed by atoms with Crippen molar-refractivity contribution < 1.29 is 24.3 Å². The van der Waals surface area contributed by atoms with E-state index >= 15 is 0 Å². The number of amides is 4. The SMILES string of the molecule is C[C@@H](C(=O)N[C@H]1CCS[C@H]2CCCC(C(=O)N[C@@H]3CCCc4ccccc43)N2C1=O)N(C)C(=O)O. The molecule has 3 aliphatic rings. The molecule has 2 heterocycles. The molecule has 0 bridgehead atoms. The average molecular weight is 503 g/mol. The molecular weight excluding hydrogens is 468 g/mol. The summed E-state index contributed by atoms with van der Waals surface area (Å²) in [5, 5.41) is 15.0. The molecule has 0 radical (unpaired) electrons. The van der Waals surface area contributed by atoms with Crippen LogP contribution in [0.15, 0.2) is 24.3 Å². The number of hydrogen-bond donors (Lipinski definition) is 3. The maximum atomic E-state index is 13.6. The Hall–Kier alpha value is -2.75. The van der Waals surface area contributed by atoms with Gasteiger partial charge in [0.25, 0.3) is 0 Å². The lowest BCUT2D eigenvalue weighted by Crippen LogP contribution is -2.60. The molecule has 0 aromatic heterocycles. The Morgan fingerprint density at radius 2 is 1.86 bits per heavy atom. The predicted molar refractivity (Wildman–Crippen MR) is 133 cm³/mol. The smallest absolute Gasteiger partial charge is 0.407 e. The van der Waals surface area contributed by atoms with Gasteiger partial charge in [-0.1, -0.05) is 24.3 Å². The van der Waals surface area contributed by atoms with Gasteiger partial charge in [-0.25, -0.2) is 4.79 Å². The van der Waals surface area contributed by atoms with Gasteiger partial charge < -0.3 is 20.6 Å². The molecule has 2 aliphatic heterocycles. The Labute approximate surface area is 210 Å². The fraction of sp³-hybridized carbons (Fsp3) is 0.600. The molecule has 1 unspecified atom stereocenters. The topological polar surface area (TPSA) is 119 Å². The van der Waals surface area contributed by atoms with Crippen molar-refractivity contribution in [3.63, 3.8) is 0 Å². The highest BCUT2D eigenvalue weighted by Crippen LogP contribution is 2.35. The summed E-state index contributed by atoms with van der Waals surface area (Å²) in [5.74, 6) is -0.252. The summed E-state index contributed by atoms with van der Waals surface area (Å²) < 4.78 is 0. The molecule has 4 amide bonds. The number of carboxylic acid groups (broad SMARTS) is 1. The molecule has 2 fully saturated rings. The maximum Gasteiger partial charge on any atom is 0.407 e. The first kappa shape index (κ1) is 25.3. The zero-order valence-electron chi connectivity index (χ0n) is 20.2. The fourth-order valence-corrected chi connectivity index (χ4v) is 6.63. The number of hydrogen-bond acceptors (Lipinski definition) is 5. The van der Waals surface area contributed by atoms with Crippen LogP contribution in [0.4, 0.5) is 4.79 Å². The van der Waals surface area contributed by atoms with E-state index in [1.807, 2.05) is 12.1 Å². The second kappa shape index (κ2) is 10.9. The van der Waals surface area contributed by atoms with Crippen LogP contribution in [0, 0.1) is 0 Å². The van der Waals surface area contributed by atoms with Crippen LogP contribution in [0.5, 0.6) is 0 Å². The molecule has 190 valence electrons. The zero-order chi connectivity index (χ0) is 25.1. The van der Waals surface area contributed by atoms with Crippen molar-refractivity contribution in [1.29, 1.82) is 0 Å². The largest absolute Gasteiger partial charge is 0.465 e. The third-order valence-corrected chi connectivity index (χ3v) is 8.73. The first-order valence-corrected chi connectivity index (χ1v) is 13.4. The Morgan fingerprint density at radius 3 is 2.63 bits per heavy atom. The van der Waals surface area contributed by atoms with Gasteiger partial charge in [0.2, 0.25) is 17.7 Å². The molecule has 3 N–H and O–H groups in total. The van der Waals surface area contributed by atoms with E-state index in [0.29, 0.717) is 18.6 Å². The van der Waals surface area contributed by atoms with E-state index in [-0.39, 0.29) is 23.2 Å². The van der Waals surface area contributed by atoms with Gasteiger partial charge in [-0.3, -0.25) is 19.3 Å². The highest BCUT2D eigenvalue weighted by atomic mass is 32.2. The van der Waals surface area contributed by atoms with Gasteiger partial charge in [0.1, 0.15) is 18.1 Å². The van der Waals surface area contributed by atoms with Crippen molar-refractivity contribution in [3.05, 3.63) is 35.4 Å². The van der Waals surface area contributed by atoms with Gasteiger partial charge in [0, 0.05) is 7.05 Å². The lowest BCUT2D eigenvalue weighted by atomic mass is 9.87. The lowest BCUT2D eigenvalue weighted by Gasteiger charge is -2.41. The number of thioether (sulfide) groups is 1. The molecule has 4 rings (SSSR count). The number of carbonyl (C=O) groups is 4. The monoisotopic (exact) mass is 502 g/mol. The van der Waals surface area contributed by atoms with Crippen molar-refractivity contribution in [2.24, 2.45) is 0 Å². The minimum absolute atomic E-state index is 0.0644. The number of likely N-dealkylation sites (N-methyl/N-ethyl adjacent to an activating group) is 1. The normalized spacial score (nSPS) is 27.0. The molecule has 5 atom stereocenters. The van der Waals surface area contributed by atoms with Gasteiger partial charge >= 0.3 is 6.09 Å². The van der Waals surface area contributed by atoms with Crippen LogP contribution in [-0.2, 0) is 20.8 Å². The number of nitrogens with zero attached hydrogens (tertiary/aromatic N) is 2. The minimum atomic E-state index is -1.22. The molecule has 1 aromatic carbocycles. The molecule has 0 spiro atoms. The molecular formula is C25H34N4O5S. The van der Waals surface area contributed by atoms with Crippen molar-refractivity contribution in [2.75, 3.05) is 12.8 Å². The van der Waals surface area contributed by atoms with E-state index in [1.165, 1.54) is 19.5 Å². The summed E-state index contributed by atoms with van der Waals surface area (Å²) >= 11 is 1.65. The lowest BCUT2D eigenvalue weighted by molar-refractivity contribution is -0.146. The summed E-state index contributed by atoms with van der Waals surface area (Å²) in [6, 6.07) is 5.82. The van der Waals surface area contributed by atoms with Gasteiger partial charge in [-0.05, 0) is 68.7 Å². The van der Waals surface area contributed by atoms with Crippen LogP contribution in [-0.4, -0.2) is 75.0 Å². The Kier molecular flexibility index (Phi) is 7.88. The highest BCUT2D eigenvalue weighted by molar-refractivity contribution is 7.99. The molecule has 1 aliphatic carbocycles. The molecule has 2 saturated heterocycles. The van der Waals surface area contributed by atoms with Gasteiger partial charge in [0.15, 0.2) is 0 Å². The van der Waals surface area contributed by atoms with Crippen molar-refractivity contribution >= 4 is 35.6 Å². The first-order valence-electron chi connectivity index (χ1n) is 12.4. The highest BCUT2D eigenvalue weighted by Gasteiger charge is 2.44. The minimum Gasteiger partial charge on any atom is -0.465 e. The first-order chi connectivity index (χ1) is 16.8. The van der Waals surface area contributed by atoms with Gasteiger partial charge in [-0.2, -0.15) is 0 Å². The van der Waals surface area contributed by atoms with E-state index in [1.54, 1.807) is 16.7 Å². The van der Waals surface area contributed by atoms with E-state index in [2.05, 4.69) is 22.8 Å². The number of carbonyl (C=O) groups excluding carboxylic acids is 3. The number of fused-ring (bicyclic) bond motifs is 2. The fourth-order valence-electron chi connectivity index (χ4n) is 5.25. The van der Waals surface area contributed by atoms with Crippen LogP contribution in [0.1, 0.15) is 62.6 Å². The molecule has 9 nitrogen and oxygen atoms in total. The summed E-state index contributed by atoms with van der Waals surface area (Å²) in [6.07, 6.45) is 4.36. The zero-order valence-corrected chi connectivity index (χ0v) is 21.1. The molecule has 0 saturated carbocycles. The number of nitrogens with one attached hydrogen (secondary N) is 2. The summed E-state index contributed by atoms with van der Waals surface area (Å²) in [5.41, 5.74) is 2.41. The van der Waals surface area contributed by atoms with Gasteiger partial charge in [0.05, 0.1) is 11.4 Å². The number of piperidine rings is 1. The van der Waals surface area contributed by atoms with E-state index < -0.39 is 30.1 Å².